The van der Waals surface area contributed by atoms with Gasteiger partial charge < -0.3 is 65.1 Å². The first kappa shape index (κ1) is 70.8. The number of nitrogens with one attached hydrogen (secondary N) is 1. The van der Waals surface area contributed by atoms with Gasteiger partial charge in [0.2, 0.25) is 5.91 Å². The van der Waals surface area contributed by atoms with Gasteiger partial charge in [0.05, 0.1) is 32.0 Å². The normalized spacial score (nSPS) is 25.4. The number of unbranched alkanes of at least 4 members (excludes halogenated alkanes) is 17. The molecule has 2 saturated heterocycles. The number of amides is 1. The van der Waals surface area contributed by atoms with E-state index in [0.29, 0.717) is 12.8 Å². The second kappa shape index (κ2) is 48.4. The molecule has 1 amide bonds. The van der Waals surface area contributed by atoms with Crippen molar-refractivity contribution in [3.63, 3.8) is 0 Å². The van der Waals surface area contributed by atoms with Crippen LogP contribution in [0.2, 0.25) is 0 Å². The minimum absolute atomic E-state index is 0.253. The van der Waals surface area contributed by atoms with Crippen LogP contribution in [0.25, 0.3) is 0 Å². The minimum Gasteiger partial charge on any atom is -0.394 e. The SMILES string of the molecule is CC/C=C\C/C=C\C/C=C\C/C=C\C/C=C\C/C=C\C/C=C\CCCCCCCCCC(=O)NC(COC1OC(CO)C(OC2OC(CO)C(O)C(O)C2O)C(O)C1O)C(O)/C=C/CC/C=C/CCCCCCCCCCC. The van der Waals surface area contributed by atoms with Crippen LogP contribution < -0.4 is 5.32 Å². The molecule has 12 atom stereocenters. The Morgan fingerprint density at radius 3 is 1.41 bits per heavy atom. The third kappa shape index (κ3) is 33.4. The number of carbonyl (C=O) groups is 1. The van der Waals surface area contributed by atoms with E-state index in [1.165, 1.54) is 57.8 Å². The van der Waals surface area contributed by atoms with E-state index in [0.717, 1.165) is 103 Å². The van der Waals surface area contributed by atoms with E-state index in [1.807, 2.05) is 6.08 Å². The van der Waals surface area contributed by atoms with Crippen LogP contribution in [0.1, 0.15) is 194 Å². The highest BCUT2D eigenvalue weighted by atomic mass is 16.7. The van der Waals surface area contributed by atoms with Crippen molar-refractivity contribution in [2.75, 3.05) is 19.8 Å². The highest BCUT2D eigenvalue weighted by Crippen LogP contribution is 2.30. The molecule has 0 bridgehead atoms. The summed E-state index contributed by atoms with van der Waals surface area (Å²) in [5.74, 6) is -0.266. The quantitative estimate of drug-likeness (QED) is 0.0204. The summed E-state index contributed by atoms with van der Waals surface area (Å²) in [5, 5.41) is 87.0. The van der Waals surface area contributed by atoms with Gasteiger partial charge in [-0.15, -0.1) is 0 Å². The monoisotopic (exact) mass is 1100 g/mol. The molecule has 446 valence electrons. The number of aliphatic hydroxyl groups excluding tert-OH is 8. The van der Waals surface area contributed by atoms with Crippen molar-refractivity contribution in [1.82, 2.24) is 5.32 Å². The van der Waals surface area contributed by atoms with E-state index in [-0.39, 0.29) is 18.9 Å². The molecular weight excluding hydrogens is 991 g/mol. The van der Waals surface area contributed by atoms with Crippen LogP contribution in [0.3, 0.4) is 0 Å². The summed E-state index contributed by atoms with van der Waals surface area (Å²) in [6.07, 6.45) is 51.2. The molecule has 2 fully saturated rings. The van der Waals surface area contributed by atoms with Crippen molar-refractivity contribution < 1.29 is 64.6 Å². The summed E-state index contributed by atoms with van der Waals surface area (Å²) in [7, 11) is 0. The summed E-state index contributed by atoms with van der Waals surface area (Å²) in [4.78, 5) is 13.3. The lowest BCUT2D eigenvalue weighted by Crippen LogP contribution is -2.65. The number of carbonyl (C=O) groups excluding carboxylic acids is 1. The highest BCUT2D eigenvalue weighted by Gasteiger charge is 2.51. The molecule has 2 heterocycles. The summed E-state index contributed by atoms with van der Waals surface area (Å²) < 4.78 is 22.7. The average molecular weight is 1100 g/mol. The molecule has 0 aliphatic carbocycles. The predicted octanol–water partition coefficient (Wildman–Crippen LogP) is 10.4. The van der Waals surface area contributed by atoms with Crippen molar-refractivity contribution in [2.45, 2.75) is 267 Å². The van der Waals surface area contributed by atoms with E-state index in [1.54, 1.807) is 6.08 Å². The average Bonchev–Trinajstić information content (AvgIpc) is 3.47. The van der Waals surface area contributed by atoms with Crippen molar-refractivity contribution in [1.29, 1.82) is 0 Å². The van der Waals surface area contributed by atoms with Crippen LogP contribution in [0, 0.1) is 0 Å². The lowest BCUT2D eigenvalue weighted by molar-refractivity contribution is -0.359. The number of aliphatic hydroxyl groups is 8. The molecule has 2 aliphatic heterocycles. The maximum Gasteiger partial charge on any atom is 0.220 e. The lowest BCUT2D eigenvalue weighted by atomic mass is 9.97. The van der Waals surface area contributed by atoms with Gasteiger partial charge in [-0.1, -0.05) is 207 Å². The Kier molecular flexibility index (Phi) is 43.9. The predicted molar refractivity (Wildman–Crippen MR) is 313 cm³/mol. The first-order valence-corrected chi connectivity index (χ1v) is 30.1. The van der Waals surface area contributed by atoms with Crippen molar-refractivity contribution >= 4 is 5.91 Å². The molecule has 0 aromatic carbocycles. The Morgan fingerprint density at radius 2 is 0.897 bits per heavy atom. The second-order valence-electron chi connectivity index (χ2n) is 20.7. The maximum absolute atomic E-state index is 13.3. The van der Waals surface area contributed by atoms with E-state index in [2.05, 4.69) is 116 Å². The Balaban J connectivity index is 1.75. The molecular formula is C64H107NO13. The Morgan fingerprint density at radius 1 is 0.474 bits per heavy atom. The molecule has 0 radical (unpaired) electrons. The third-order valence-corrected chi connectivity index (χ3v) is 13.9. The third-order valence-electron chi connectivity index (χ3n) is 13.9. The fourth-order valence-corrected chi connectivity index (χ4v) is 9.11. The zero-order valence-electron chi connectivity index (χ0n) is 47.9. The van der Waals surface area contributed by atoms with E-state index < -0.39 is 86.8 Å². The molecule has 2 aliphatic rings. The molecule has 14 nitrogen and oxygen atoms in total. The highest BCUT2D eigenvalue weighted by molar-refractivity contribution is 5.76. The number of hydrogen-bond donors (Lipinski definition) is 9. The molecule has 0 spiro atoms. The smallest absolute Gasteiger partial charge is 0.220 e. The molecule has 12 unspecified atom stereocenters. The molecule has 14 heteroatoms. The summed E-state index contributed by atoms with van der Waals surface area (Å²) in [6.45, 7) is 2.63. The summed E-state index contributed by atoms with van der Waals surface area (Å²) in [5.41, 5.74) is 0. The zero-order chi connectivity index (χ0) is 56.7. The van der Waals surface area contributed by atoms with Gasteiger partial charge in [0.25, 0.3) is 0 Å². The van der Waals surface area contributed by atoms with Gasteiger partial charge in [-0.3, -0.25) is 4.79 Å². The first-order chi connectivity index (χ1) is 38.1. The lowest BCUT2D eigenvalue weighted by Gasteiger charge is -2.46. The van der Waals surface area contributed by atoms with Gasteiger partial charge in [-0.05, 0) is 89.9 Å². The summed E-state index contributed by atoms with van der Waals surface area (Å²) in [6, 6.07) is -0.945. The zero-order valence-corrected chi connectivity index (χ0v) is 47.9. The fourth-order valence-electron chi connectivity index (χ4n) is 9.11. The second-order valence-corrected chi connectivity index (χ2v) is 20.7. The molecule has 9 N–H and O–H groups in total. The van der Waals surface area contributed by atoms with Crippen LogP contribution in [0.5, 0.6) is 0 Å². The van der Waals surface area contributed by atoms with Crippen LogP contribution in [-0.2, 0) is 23.7 Å². The summed E-state index contributed by atoms with van der Waals surface area (Å²) >= 11 is 0. The molecule has 0 aromatic rings. The van der Waals surface area contributed by atoms with Gasteiger partial charge in [-0.2, -0.15) is 0 Å². The largest absolute Gasteiger partial charge is 0.394 e. The number of hydrogen-bond acceptors (Lipinski definition) is 13. The van der Waals surface area contributed by atoms with Crippen LogP contribution >= 0.6 is 0 Å². The van der Waals surface area contributed by atoms with Crippen LogP contribution in [-0.4, -0.2) is 140 Å². The van der Waals surface area contributed by atoms with Crippen LogP contribution in [0.15, 0.2) is 109 Å². The van der Waals surface area contributed by atoms with E-state index in [9.17, 15) is 45.6 Å². The van der Waals surface area contributed by atoms with Gasteiger partial charge in [0.15, 0.2) is 12.6 Å². The molecule has 0 aromatic heterocycles. The molecule has 78 heavy (non-hydrogen) atoms. The van der Waals surface area contributed by atoms with Gasteiger partial charge >= 0.3 is 0 Å². The van der Waals surface area contributed by atoms with Gasteiger partial charge in [0.1, 0.15) is 48.8 Å². The standard InChI is InChI=1S/C64H107NO13/c1-3-5-7-9-11-13-15-17-19-20-21-22-23-24-25-26-27-28-29-30-31-32-34-36-38-40-42-44-46-48-56(69)65-52(53(68)47-45-43-41-39-37-35-33-18-16-14-12-10-8-6-4-2)51-75-63-61(74)59(72)62(55(50-67)77-63)78-64-60(73)58(71)57(70)54(49-66)76-64/h5,7,11,13,17,19,21-22,24-25,27-28,30-31,37,39,45,47,52-55,57-64,66-68,70-74H,3-4,6,8-10,12,14-16,18,20,23,26,29,32-36,38,40-44,46,48-51H2,1-2H3,(H,65,69)/b7-5-,13-11-,19-17-,22-21-,25-24-,28-27-,31-30-,39-37+,47-45+. The van der Waals surface area contributed by atoms with Gasteiger partial charge in [-0.25, -0.2) is 0 Å². The fraction of sp³-hybridized carbons (Fsp3) is 0.703. The van der Waals surface area contributed by atoms with E-state index >= 15 is 0 Å². The molecule has 2 rings (SSSR count). The van der Waals surface area contributed by atoms with Gasteiger partial charge in [0, 0.05) is 6.42 Å². The van der Waals surface area contributed by atoms with Crippen molar-refractivity contribution in [3.8, 4) is 0 Å². The minimum atomic E-state index is -1.80. The number of allylic oxidation sites excluding steroid dienone is 17. The first-order valence-electron chi connectivity index (χ1n) is 30.1. The maximum atomic E-state index is 13.3. The Hall–Kier alpha value is -3.35. The topological polar surface area (TPSA) is 228 Å². The van der Waals surface area contributed by atoms with Crippen molar-refractivity contribution in [3.05, 3.63) is 109 Å². The Labute approximate surface area is 470 Å². The van der Waals surface area contributed by atoms with Crippen LogP contribution in [0.4, 0.5) is 0 Å². The Bertz CT molecular complexity index is 1720. The van der Waals surface area contributed by atoms with E-state index in [4.69, 9.17) is 18.9 Å². The van der Waals surface area contributed by atoms with Crippen molar-refractivity contribution in [2.24, 2.45) is 0 Å². The number of rotatable bonds is 46. The number of ether oxygens (including phenoxy) is 4. The molecule has 0 saturated carbocycles.